The maximum absolute atomic E-state index is 9.01. The molecule has 0 spiro atoms. The normalized spacial score (nSPS) is 11.7. The summed E-state index contributed by atoms with van der Waals surface area (Å²) in [4.78, 5) is 3.16. The topological polar surface area (TPSA) is 71.1 Å². The first kappa shape index (κ1) is 16.7. The van der Waals surface area contributed by atoms with E-state index < -0.39 is 0 Å². The molecular formula is C14H23N3O2S. The minimum Gasteiger partial charge on any atom is -0.409 e. The van der Waals surface area contributed by atoms with E-state index in [-0.39, 0.29) is 5.84 Å². The first-order valence-electron chi connectivity index (χ1n) is 6.67. The molecule has 0 aromatic heterocycles. The monoisotopic (exact) mass is 297 g/mol. The summed E-state index contributed by atoms with van der Waals surface area (Å²) in [6, 6.07) is 5.94. The van der Waals surface area contributed by atoms with Crippen molar-refractivity contribution in [3.05, 3.63) is 23.8 Å². The van der Waals surface area contributed by atoms with E-state index in [1.54, 1.807) is 11.8 Å². The molecule has 0 aliphatic heterocycles. The van der Waals surface area contributed by atoms with Gasteiger partial charge in [-0.05, 0) is 32.2 Å². The Balaban J connectivity index is 3.13. The molecule has 0 amide bonds. The zero-order valence-electron chi connectivity index (χ0n) is 12.3. The van der Waals surface area contributed by atoms with E-state index in [1.807, 2.05) is 31.4 Å². The molecule has 5 nitrogen and oxygen atoms in total. The lowest BCUT2D eigenvalue weighted by atomic mass is 10.1. The predicted molar refractivity (Wildman–Crippen MR) is 85.1 cm³/mol. The number of nitrogens with zero attached hydrogens (tertiary/aromatic N) is 2. The zero-order valence-corrected chi connectivity index (χ0v) is 13.1. The fourth-order valence-electron chi connectivity index (χ4n) is 2.03. The number of ether oxygens (including phenoxy) is 1. The molecular weight excluding hydrogens is 274 g/mol. The van der Waals surface area contributed by atoms with Crippen molar-refractivity contribution in [3.8, 4) is 0 Å². The third kappa shape index (κ3) is 4.05. The van der Waals surface area contributed by atoms with Crippen LogP contribution in [0.15, 0.2) is 28.3 Å². The molecule has 3 N–H and O–H groups in total. The number of hydrogen-bond acceptors (Lipinski definition) is 5. The highest BCUT2D eigenvalue weighted by molar-refractivity contribution is 7.98. The lowest BCUT2D eigenvalue weighted by molar-refractivity contribution is 0.154. The number of thioether (sulfide) groups is 1. The fraction of sp³-hybridized carbons (Fsp3) is 0.500. The lowest BCUT2D eigenvalue weighted by Crippen LogP contribution is -2.30. The summed E-state index contributed by atoms with van der Waals surface area (Å²) in [5.41, 5.74) is 7.59. The molecule has 6 heteroatoms. The van der Waals surface area contributed by atoms with Gasteiger partial charge in [0.05, 0.1) is 12.2 Å². The van der Waals surface area contributed by atoms with Crippen LogP contribution in [0.3, 0.4) is 0 Å². The van der Waals surface area contributed by atoms with Gasteiger partial charge in [-0.25, -0.2) is 0 Å². The number of nitrogens with two attached hydrogens (primary N) is 1. The molecule has 20 heavy (non-hydrogen) atoms. The Morgan fingerprint density at radius 2 is 2.20 bits per heavy atom. The average Bonchev–Trinajstić information content (AvgIpc) is 2.50. The van der Waals surface area contributed by atoms with Crippen LogP contribution in [0, 0.1) is 0 Å². The van der Waals surface area contributed by atoms with Crippen LogP contribution in [0.5, 0.6) is 0 Å². The highest BCUT2D eigenvalue weighted by Crippen LogP contribution is 2.29. The van der Waals surface area contributed by atoms with E-state index in [9.17, 15) is 0 Å². The molecule has 0 heterocycles. The Kier molecular flexibility index (Phi) is 7.25. The first-order valence-corrected chi connectivity index (χ1v) is 7.89. The van der Waals surface area contributed by atoms with Gasteiger partial charge in [0.25, 0.3) is 0 Å². The molecule has 0 atom stereocenters. The summed E-state index contributed by atoms with van der Waals surface area (Å²) in [5, 5.41) is 12.2. The molecule has 0 fully saturated rings. The number of hydrogen-bond donors (Lipinski definition) is 2. The minimum atomic E-state index is 0.139. The van der Waals surface area contributed by atoms with Gasteiger partial charge in [-0.1, -0.05) is 11.2 Å². The lowest BCUT2D eigenvalue weighted by Gasteiger charge is -2.26. The van der Waals surface area contributed by atoms with Gasteiger partial charge in [-0.3, -0.25) is 0 Å². The van der Waals surface area contributed by atoms with E-state index in [0.717, 1.165) is 29.2 Å². The zero-order chi connectivity index (χ0) is 15.0. The van der Waals surface area contributed by atoms with Gasteiger partial charge in [-0.2, -0.15) is 0 Å². The molecule has 0 unspecified atom stereocenters. The molecule has 1 rings (SSSR count). The van der Waals surface area contributed by atoms with Crippen LogP contribution in [-0.2, 0) is 4.74 Å². The van der Waals surface area contributed by atoms with Gasteiger partial charge in [0, 0.05) is 30.3 Å². The molecule has 1 aromatic rings. The quantitative estimate of drug-likeness (QED) is 0.192. The summed E-state index contributed by atoms with van der Waals surface area (Å²) >= 11 is 1.58. The van der Waals surface area contributed by atoms with E-state index in [1.165, 1.54) is 0 Å². The van der Waals surface area contributed by atoms with Crippen molar-refractivity contribution in [2.75, 3.05) is 37.5 Å². The van der Waals surface area contributed by atoms with Gasteiger partial charge in [0.1, 0.15) is 0 Å². The van der Waals surface area contributed by atoms with Crippen LogP contribution in [0.2, 0.25) is 0 Å². The van der Waals surface area contributed by atoms with E-state index in [4.69, 9.17) is 15.7 Å². The Labute approximate surface area is 124 Å². The highest BCUT2D eigenvalue weighted by Gasteiger charge is 2.16. The molecule has 0 bridgehead atoms. The fourth-order valence-corrected chi connectivity index (χ4v) is 2.66. The van der Waals surface area contributed by atoms with Crippen LogP contribution in [-0.4, -0.2) is 43.6 Å². The molecule has 0 saturated carbocycles. The standard InChI is InChI=1S/C14H23N3O2S/c1-4-17(9-10-19-5-2)11-7-6-8-12(20-3)13(11)14(15)16-18/h6-8,18H,4-5,9-10H2,1-3H3,(H2,15,16). The van der Waals surface area contributed by atoms with E-state index in [2.05, 4.69) is 17.0 Å². The van der Waals surface area contributed by atoms with Gasteiger partial charge >= 0.3 is 0 Å². The molecule has 0 aliphatic carbocycles. The van der Waals surface area contributed by atoms with Crippen molar-refractivity contribution >= 4 is 23.3 Å². The van der Waals surface area contributed by atoms with Crippen LogP contribution in [0.4, 0.5) is 5.69 Å². The Hall–Kier alpha value is -1.40. The summed E-state index contributed by atoms with van der Waals surface area (Å²) in [5.74, 6) is 0.139. The highest BCUT2D eigenvalue weighted by atomic mass is 32.2. The van der Waals surface area contributed by atoms with E-state index >= 15 is 0 Å². The van der Waals surface area contributed by atoms with Gasteiger partial charge < -0.3 is 20.6 Å². The summed E-state index contributed by atoms with van der Waals surface area (Å²) in [6.07, 6.45) is 1.98. The van der Waals surface area contributed by atoms with Crippen LogP contribution < -0.4 is 10.6 Å². The second kappa shape index (κ2) is 8.71. The van der Waals surface area contributed by atoms with Crippen molar-refractivity contribution in [3.63, 3.8) is 0 Å². The van der Waals surface area contributed by atoms with Crippen LogP contribution in [0.25, 0.3) is 0 Å². The molecule has 0 radical (unpaired) electrons. The van der Waals surface area contributed by atoms with E-state index in [0.29, 0.717) is 13.2 Å². The largest absolute Gasteiger partial charge is 0.409 e. The Morgan fingerprint density at radius 1 is 1.45 bits per heavy atom. The number of anilines is 1. The first-order chi connectivity index (χ1) is 9.69. The van der Waals surface area contributed by atoms with Gasteiger partial charge in [-0.15, -0.1) is 11.8 Å². The van der Waals surface area contributed by atoms with Crippen molar-refractivity contribution < 1.29 is 9.94 Å². The number of rotatable bonds is 8. The molecule has 112 valence electrons. The minimum absolute atomic E-state index is 0.139. The summed E-state index contributed by atoms with van der Waals surface area (Å²) in [6.45, 7) is 7.02. The molecule has 0 aliphatic rings. The molecule has 0 saturated heterocycles. The number of oxime groups is 1. The van der Waals surface area contributed by atoms with Crippen molar-refractivity contribution in [1.82, 2.24) is 0 Å². The third-order valence-electron chi connectivity index (χ3n) is 3.02. The van der Waals surface area contributed by atoms with Gasteiger partial charge in [0.15, 0.2) is 5.84 Å². The third-order valence-corrected chi connectivity index (χ3v) is 3.80. The number of benzene rings is 1. The second-order valence-corrected chi connectivity index (χ2v) is 4.96. The van der Waals surface area contributed by atoms with Crippen LogP contribution >= 0.6 is 11.8 Å². The Bertz CT molecular complexity index is 452. The average molecular weight is 297 g/mol. The maximum atomic E-state index is 9.01. The Morgan fingerprint density at radius 3 is 2.75 bits per heavy atom. The molecule has 1 aromatic carbocycles. The smallest absolute Gasteiger partial charge is 0.173 e. The summed E-state index contributed by atoms with van der Waals surface area (Å²) < 4.78 is 5.41. The van der Waals surface area contributed by atoms with Crippen LogP contribution in [0.1, 0.15) is 19.4 Å². The SMILES string of the molecule is CCOCCN(CC)c1cccc(SC)c1/C(N)=N/O. The maximum Gasteiger partial charge on any atom is 0.173 e. The number of likely N-dealkylation sites (N-methyl/N-ethyl adjacent to an activating group) is 1. The number of amidine groups is 1. The van der Waals surface area contributed by atoms with Crippen molar-refractivity contribution in [2.24, 2.45) is 10.9 Å². The predicted octanol–water partition coefficient (Wildman–Crippen LogP) is 2.37. The second-order valence-electron chi connectivity index (χ2n) is 4.12. The van der Waals surface area contributed by atoms with Crippen molar-refractivity contribution in [1.29, 1.82) is 0 Å². The van der Waals surface area contributed by atoms with Crippen molar-refractivity contribution in [2.45, 2.75) is 18.7 Å². The van der Waals surface area contributed by atoms with Gasteiger partial charge in [0.2, 0.25) is 0 Å². The summed E-state index contributed by atoms with van der Waals surface area (Å²) in [7, 11) is 0.